The summed E-state index contributed by atoms with van der Waals surface area (Å²) in [6.07, 6.45) is 1.89. The second-order valence-corrected chi connectivity index (χ2v) is 2.54. The van der Waals surface area contributed by atoms with Crippen LogP contribution in [0.3, 0.4) is 0 Å². The molecule has 1 heterocycles. The molecule has 0 saturated heterocycles. The van der Waals surface area contributed by atoms with E-state index in [1.807, 2.05) is 6.92 Å². The first-order valence-electron chi connectivity index (χ1n) is 3.73. The second-order valence-electron chi connectivity index (χ2n) is 2.54. The summed E-state index contributed by atoms with van der Waals surface area (Å²) in [6.45, 7) is 1.81. The monoisotopic (exact) mass is 169 g/mol. The highest BCUT2D eigenvalue weighted by Crippen LogP contribution is 2.15. The first-order valence-corrected chi connectivity index (χ1v) is 3.73. The van der Waals surface area contributed by atoms with Crippen molar-refractivity contribution in [3.05, 3.63) is 12.2 Å². The lowest BCUT2D eigenvalue weighted by atomic mass is 10.1. The van der Waals surface area contributed by atoms with Gasteiger partial charge in [0.25, 0.3) is 0 Å². The number of aryl methyl sites for hydroxylation is 1. The summed E-state index contributed by atoms with van der Waals surface area (Å²) >= 11 is 0. The molecule has 0 aliphatic carbocycles. The molecule has 12 heavy (non-hydrogen) atoms. The van der Waals surface area contributed by atoms with E-state index in [0.29, 0.717) is 12.2 Å². The van der Waals surface area contributed by atoms with Gasteiger partial charge in [-0.05, 0) is 6.42 Å². The molecule has 0 saturated carbocycles. The van der Waals surface area contributed by atoms with Gasteiger partial charge < -0.3 is 5.11 Å². The fraction of sp³-hybridized carbons (Fsp3) is 0.571. The van der Waals surface area contributed by atoms with E-state index in [1.54, 1.807) is 7.05 Å². The van der Waals surface area contributed by atoms with Gasteiger partial charge >= 0.3 is 5.97 Å². The molecule has 0 bridgehead atoms. The van der Waals surface area contributed by atoms with Gasteiger partial charge in [0.1, 0.15) is 18.1 Å². The van der Waals surface area contributed by atoms with E-state index in [1.165, 1.54) is 11.0 Å². The van der Waals surface area contributed by atoms with Gasteiger partial charge in [0.2, 0.25) is 0 Å². The Kier molecular flexibility index (Phi) is 2.42. The van der Waals surface area contributed by atoms with Crippen LogP contribution in [0.2, 0.25) is 0 Å². The van der Waals surface area contributed by atoms with E-state index in [-0.39, 0.29) is 0 Å². The Morgan fingerprint density at radius 2 is 2.50 bits per heavy atom. The van der Waals surface area contributed by atoms with Crippen molar-refractivity contribution in [2.45, 2.75) is 19.3 Å². The van der Waals surface area contributed by atoms with Crippen molar-refractivity contribution in [3.8, 4) is 0 Å². The largest absolute Gasteiger partial charge is 0.481 e. The van der Waals surface area contributed by atoms with Gasteiger partial charge in [-0.2, -0.15) is 5.10 Å². The average Bonchev–Trinajstić information content (AvgIpc) is 2.38. The summed E-state index contributed by atoms with van der Waals surface area (Å²) in [4.78, 5) is 14.6. The van der Waals surface area contributed by atoms with Crippen molar-refractivity contribution >= 4 is 5.97 Å². The highest BCUT2D eigenvalue weighted by atomic mass is 16.4. The molecular formula is C7H11N3O2. The van der Waals surface area contributed by atoms with E-state index < -0.39 is 11.9 Å². The smallest absolute Gasteiger partial charge is 0.314 e. The molecule has 1 N–H and O–H groups in total. The maximum absolute atomic E-state index is 10.7. The van der Waals surface area contributed by atoms with Crippen molar-refractivity contribution < 1.29 is 9.90 Å². The summed E-state index contributed by atoms with van der Waals surface area (Å²) in [5, 5.41) is 12.6. The van der Waals surface area contributed by atoms with Gasteiger partial charge in [-0.3, -0.25) is 9.48 Å². The van der Waals surface area contributed by atoms with Crippen LogP contribution in [0.15, 0.2) is 6.33 Å². The molecular weight excluding hydrogens is 158 g/mol. The predicted molar refractivity (Wildman–Crippen MR) is 41.7 cm³/mol. The van der Waals surface area contributed by atoms with Crippen LogP contribution < -0.4 is 0 Å². The van der Waals surface area contributed by atoms with Gasteiger partial charge in [-0.15, -0.1) is 0 Å². The van der Waals surface area contributed by atoms with Crippen LogP contribution in [0.5, 0.6) is 0 Å². The number of nitrogens with zero attached hydrogens (tertiary/aromatic N) is 3. The molecule has 1 rings (SSSR count). The number of hydrogen-bond donors (Lipinski definition) is 1. The quantitative estimate of drug-likeness (QED) is 0.710. The highest BCUT2D eigenvalue weighted by molar-refractivity contribution is 5.74. The Morgan fingerprint density at radius 1 is 1.83 bits per heavy atom. The Hall–Kier alpha value is -1.39. The predicted octanol–water partition coefficient (Wildman–Crippen LogP) is 0.393. The van der Waals surface area contributed by atoms with Crippen molar-refractivity contribution in [1.29, 1.82) is 0 Å². The van der Waals surface area contributed by atoms with E-state index >= 15 is 0 Å². The fourth-order valence-electron chi connectivity index (χ4n) is 1.09. The molecule has 5 nitrogen and oxygen atoms in total. The van der Waals surface area contributed by atoms with Crippen LogP contribution >= 0.6 is 0 Å². The third-order valence-electron chi connectivity index (χ3n) is 1.76. The summed E-state index contributed by atoms with van der Waals surface area (Å²) in [5.74, 6) is -0.892. The van der Waals surface area contributed by atoms with Crippen LogP contribution in [-0.4, -0.2) is 25.8 Å². The first-order chi connectivity index (χ1) is 5.66. The van der Waals surface area contributed by atoms with Gasteiger partial charge in [-0.1, -0.05) is 6.92 Å². The Morgan fingerprint density at radius 3 is 2.83 bits per heavy atom. The maximum Gasteiger partial charge on any atom is 0.314 e. The Balaban J connectivity index is 2.94. The molecule has 1 atom stereocenters. The average molecular weight is 169 g/mol. The van der Waals surface area contributed by atoms with Crippen LogP contribution in [0.1, 0.15) is 25.1 Å². The fourth-order valence-corrected chi connectivity index (χ4v) is 1.09. The van der Waals surface area contributed by atoms with Crippen molar-refractivity contribution in [2.24, 2.45) is 7.05 Å². The van der Waals surface area contributed by atoms with Crippen molar-refractivity contribution in [3.63, 3.8) is 0 Å². The van der Waals surface area contributed by atoms with E-state index in [9.17, 15) is 4.79 Å². The second kappa shape index (κ2) is 3.34. The van der Waals surface area contributed by atoms with Gasteiger partial charge in [0, 0.05) is 7.05 Å². The summed E-state index contributed by atoms with van der Waals surface area (Å²) < 4.78 is 1.49. The number of aromatic nitrogens is 3. The minimum atomic E-state index is -0.853. The zero-order valence-electron chi connectivity index (χ0n) is 7.06. The molecule has 0 amide bonds. The number of rotatable bonds is 3. The van der Waals surface area contributed by atoms with E-state index in [0.717, 1.165) is 0 Å². The molecule has 5 heteroatoms. The van der Waals surface area contributed by atoms with Gasteiger partial charge in [0.05, 0.1) is 0 Å². The number of hydrogen-bond acceptors (Lipinski definition) is 3. The van der Waals surface area contributed by atoms with Gasteiger partial charge in [-0.25, -0.2) is 4.98 Å². The molecule has 66 valence electrons. The standard InChI is InChI=1S/C7H11N3O2/c1-3-5(7(11)12)6-8-4-9-10(6)2/h4-5H,3H2,1-2H3,(H,11,12). The molecule has 0 aliphatic rings. The number of carboxylic acids is 1. The van der Waals surface area contributed by atoms with Crippen LogP contribution in [0, 0.1) is 0 Å². The van der Waals surface area contributed by atoms with E-state index in [2.05, 4.69) is 10.1 Å². The zero-order valence-corrected chi connectivity index (χ0v) is 7.06. The summed E-state index contributed by atoms with van der Waals surface area (Å²) in [7, 11) is 1.69. The normalized spacial score (nSPS) is 12.8. The first kappa shape index (κ1) is 8.70. The van der Waals surface area contributed by atoms with Crippen LogP contribution in [0.4, 0.5) is 0 Å². The molecule has 0 spiro atoms. The minimum Gasteiger partial charge on any atom is -0.481 e. The number of aliphatic carboxylic acids is 1. The molecule has 0 radical (unpaired) electrons. The Bertz CT molecular complexity index is 282. The lowest BCUT2D eigenvalue weighted by Gasteiger charge is -2.07. The van der Waals surface area contributed by atoms with Crippen molar-refractivity contribution in [2.75, 3.05) is 0 Å². The molecule has 0 aliphatic heterocycles. The summed E-state index contributed by atoms with van der Waals surface area (Å²) in [6, 6.07) is 0. The lowest BCUT2D eigenvalue weighted by Crippen LogP contribution is -2.15. The number of carbonyl (C=O) groups is 1. The SMILES string of the molecule is CCC(C(=O)O)c1ncnn1C. The van der Waals surface area contributed by atoms with Gasteiger partial charge in [0.15, 0.2) is 0 Å². The zero-order chi connectivity index (χ0) is 9.14. The molecule has 0 aromatic carbocycles. The third kappa shape index (κ3) is 1.44. The van der Waals surface area contributed by atoms with Crippen LogP contribution in [-0.2, 0) is 11.8 Å². The minimum absolute atomic E-state index is 0.505. The third-order valence-corrected chi connectivity index (χ3v) is 1.76. The van der Waals surface area contributed by atoms with Crippen LogP contribution in [0.25, 0.3) is 0 Å². The highest BCUT2D eigenvalue weighted by Gasteiger charge is 2.21. The number of carboxylic acid groups (broad SMARTS) is 1. The molecule has 0 fully saturated rings. The molecule has 1 aromatic rings. The lowest BCUT2D eigenvalue weighted by molar-refractivity contribution is -0.139. The molecule has 1 unspecified atom stereocenters. The van der Waals surface area contributed by atoms with E-state index in [4.69, 9.17) is 5.11 Å². The topological polar surface area (TPSA) is 68.0 Å². The van der Waals surface area contributed by atoms with Crippen molar-refractivity contribution in [1.82, 2.24) is 14.8 Å². The Labute approximate surface area is 70.0 Å². The summed E-state index contributed by atoms with van der Waals surface area (Å²) in [5.41, 5.74) is 0. The maximum atomic E-state index is 10.7. The molecule has 1 aromatic heterocycles.